The van der Waals surface area contributed by atoms with Crippen LogP contribution in [0.1, 0.15) is 38.5 Å². The lowest BCUT2D eigenvalue weighted by atomic mass is 9.72. The fourth-order valence-corrected chi connectivity index (χ4v) is 2.51. The van der Waals surface area contributed by atoms with Crippen LogP contribution in [0.15, 0.2) is 0 Å². The number of nitrogens with one attached hydrogen (secondary N) is 1. The van der Waals surface area contributed by atoms with Crippen LogP contribution in [0.25, 0.3) is 0 Å². The molecule has 1 fully saturated rings. The van der Waals surface area contributed by atoms with Crippen LogP contribution in [0.5, 0.6) is 0 Å². The van der Waals surface area contributed by atoms with Crippen LogP contribution in [0.4, 0.5) is 13.2 Å². The van der Waals surface area contributed by atoms with Crippen LogP contribution >= 0.6 is 0 Å². The quantitative estimate of drug-likeness (QED) is 0.791. The van der Waals surface area contributed by atoms with Gasteiger partial charge in [-0.1, -0.05) is 19.3 Å². The molecule has 0 aromatic heterocycles. The highest BCUT2D eigenvalue weighted by Gasteiger charge is 2.35. The minimum absolute atomic E-state index is 0.0438. The van der Waals surface area contributed by atoms with Gasteiger partial charge in [-0.05, 0) is 18.3 Å². The smallest absolute Gasteiger partial charge is 0.401 e. The van der Waals surface area contributed by atoms with E-state index < -0.39 is 24.1 Å². The summed E-state index contributed by atoms with van der Waals surface area (Å²) in [6.07, 6.45) is -0.0339. The molecule has 6 heteroatoms. The van der Waals surface area contributed by atoms with E-state index in [1.165, 1.54) is 0 Å². The fraction of sp³-hybridized carbons (Fsp3) is 0.909. The topological polar surface area (TPSA) is 49.3 Å². The number of halogens is 3. The van der Waals surface area contributed by atoms with E-state index in [0.29, 0.717) is 12.8 Å². The standard InChI is InChI=1S/C11H18F3NO2/c12-11(13,14)8-15-7-10(6-9(16)17)4-2-1-3-5-10/h15H,1-8H2,(H,16,17). The third-order valence-corrected chi connectivity index (χ3v) is 3.27. The first-order chi connectivity index (χ1) is 7.83. The minimum Gasteiger partial charge on any atom is -0.481 e. The molecule has 1 saturated carbocycles. The SMILES string of the molecule is O=C(O)CC1(CNCC(F)(F)F)CCCCC1. The molecular formula is C11H18F3NO2. The van der Waals surface area contributed by atoms with Gasteiger partial charge in [0.25, 0.3) is 0 Å². The van der Waals surface area contributed by atoms with Crippen molar-refractivity contribution in [2.24, 2.45) is 5.41 Å². The highest BCUT2D eigenvalue weighted by molar-refractivity contribution is 5.67. The first kappa shape index (κ1) is 14.3. The molecule has 0 amide bonds. The van der Waals surface area contributed by atoms with E-state index in [1.807, 2.05) is 0 Å². The zero-order valence-corrected chi connectivity index (χ0v) is 9.65. The first-order valence-corrected chi connectivity index (χ1v) is 5.82. The summed E-state index contributed by atoms with van der Waals surface area (Å²) in [5.41, 5.74) is -0.491. The molecule has 17 heavy (non-hydrogen) atoms. The molecule has 1 aliphatic rings. The number of carboxylic acids is 1. The molecule has 0 aliphatic heterocycles. The van der Waals surface area contributed by atoms with Crippen LogP contribution in [0.3, 0.4) is 0 Å². The summed E-state index contributed by atoms with van der Waals surface area (Å²) in [5, 5.41) is 11.2. The molecule has 0 spiro atoms. The third kappa shape index (κ3) is 5.39. The summed E-state index contributed by atoms with van der Waals surface area (Å²) in [4.78, 5) is 10.8. The molecule has 3 nitrogen and oxygen atoms in total. The maximum atomic E-state index is 12.0. The number of rotatable bonds is 5. The van der Waals surface area contributed by atoms with Gasteiger partial charge in [-0.2, -0.15) is 13.2 Å². The van der Waals surface area contributed by atoms with Gasteiger partial charge in [-0.15, -0.1) is 0 Å². The molecule has 100 valence electrons. The van der Waals surface area contributed by atoms with Crippen molar-refractivity contribution in [1.29, 1.82) is 0 Å². The van der Waals surface area contributed by atoms with E-state index >= 15 is 0 Å². The number of alkyl halides is 3. The Morgan fingerprint density at radius 2 is 1.82 bits per heavy atom. The molecular weight excluding hydrogens is 235 g/mol. The van der Waals surface area contributed by atoms with Gasteiger partial charge >= 0.3 is 12.1 Å². The highest BCUT2D eigenvalue weighted by Crippen LogP contribution is 2.38. The Hall–Kier alpha value is -0.780. The Morgan fingerprint density at radius 1 is 1.24 bits per heavy atom. The Bertz CT molecular complexity index is 260. The number of hydrogen-bond acceptors (Lipinski definition) is 2. The van der Waals surface area contributed by atoms with E-state index in [0.717, 1.165) is 19.3 Å². The summed E-state index contributed by atoms with van der Waals surface area (Å²) in [7, 11) is 0. The Labute approximate surface area is 98.4 Å². The molecule has 2 N–H and O–H groups in total. The van der Waals surface area contributed by atoms with Crippen molar-refractivity contribution in [3.8, 4) is 0 Å². The van der Waals surface area contributed by atoms with E-state index in [-0.39, 0.29) is 13.0 Å². The molecule has 0 saturated heterocycles. The van der Waals surface area contributed by atoms with Gasteiger partial charge in [-0.3, -0.25) is 4.79 Å². The van der Waals surface area contributed by atoms with E-state index in [1.54, 1.807) is 0 Å². The minimum atomic E-state index is -4.24. The fourth-order valence-electron chi connectivity index (χ4n) is 2.51. The average molecular weight is 253 g/mol. The second kappa shape index (κ2) is 5.71. The zero-order chi connectivity index (χ0) is 12.9. The average Bonchev–Trinajstić information content (AvgIpc) is 2.15. The van der Waals surface area contributed by atoms with Gasteiger partial charge in [0.05, 0.1) is 13.0 Å². The predicted molar refractivity (Wildman–Crippen MR) is 56.7 cm³/mol. The van der Waals surface area contributed by atoms with Gasteiger partial charge in [0, 0.05) is 6.54 Å². The number of carbonyl (C=O) groups is 1. The third-order valence-electron chi connectivity index (χ3n) is 3.27. The van der Waals surface area contributed by atoms with Crippen molar-refractivity contribution in [1.82, 2.24) is 5.32 Å². The van der Waals surface area contributed by atoms with Crippen LogP contribution in [0, 0.1) is 5.41 Å². The molecule has 0 heterocycles. The highest BCUT2D eigenvalue weighted by atomic mass is 19.4. The van der Waals surface area contributed by atoms with Crippen LogP contribution < -0.4 is 5.32 Å². The summed E-state index contributed by atoms with van der Waals surface area (Å²) in [6, 6.07) is 0. The largest absolute Gasteiger partial charge is 0.481 e. The molecule has 0 bridgehead atoms. The second-order valence-corrected chi connectivity index (χ2v) is 4.85. The molecule has 1 aliphatic carbocycles. The molecule has 0 radical (unpaired) electrons. The summed E-state index contributed by atoms with van der Waals surface area (Å²) in [6.45, 7) is -0.910. The summed E-state index contributed by atoms with van der Waals surface area (Å²) >= 11 is 0. The molecule has 0 aromatic carbocycles. The maximum absolute atomic E-state index is 12.0. The number of aliphatic carboxylic acids is 1. The van der Waals surface area contributed by atoms with Crippen molar-refractivity contribution in [2.45, 2.75) is 44.7 Å². The maximum Gasteiger partial charge on any atom is 0.401 e. The predicted octanol–water partition coefficient (Wildman–Crippen LogP) is 2.56. The molecule has 0 aromatic rings. The monoisotopic (exact) mass is 253 g/mol. The molecule has 0 atom stereocenters. The Balaban J connectivity index is 2.48. The number of hydrogen-bond donors (Lipinski definition) is 2. The molecule has 1 rings (SSSR count). The lowest BCUT2D eigenvalue weighted by Gasteiger charge is -2.36. The van der Waals surface area contributed by atoms with Gasteiger partial charge in [0.2, 0.25) is 0 Å². The zero-order valence-electron chi connectivity index (χ0n) is 9.65. The van der Waals surface area contributed by atoms with Crippen LogP contribution in [-0.2, 0) is 4.79 Å². The van der Waals surface area contributed by atoms with Gasteiger partial charge in [0.15, 0.2) is 0 Å². The van der Waals surface area contributed by atoms with E-state index in [2.05, 4.69) is 5.32 Å². The Kier molecular flexibility index (Phi) is 4.80. The van der Waals surface area contributed by atoms with E-state index in [4.69, 9.17) is 5.11 Å². The van der Waals surface area contributed by atoms with Gasteiger partial charge < -0.3 is 10.4 Å². The molecule has 0 unspecified atom stereocenters. The van der Waals surface area contributed by atoms with Crippen molar-refractivity contribution >= 4 is 5.97 Å². The second-order valence-electron chi connectivity index (χ2n) is 4.85. The van der Waals surface area contributed by atoms with Crippen LogP contribution in [0.2, 0.25) is 0 Å². The lowest BCUT2D eigenvalue weighted by molar-refractivity contribution is -0.140. The summed E-state index contributed by atoms with van der Waals surface area (Å²) in [5.74, 6) is -0.930. The van der Waals surface area contributed by atoms with Crippen LogP contribution in [-0.4, -0.2) is 30.3 Å². The normalized spacial score (nSPS) is 20.2. The number of carboxylic acid groups (broad SMARTS) is 1. The van der Waals surface area contributed by atoms with Crippen molar-refractivity contribution in [2.75, 3.05) is 13.1 Å². The van der Waals surface area contributed by atoms with E-state index in [9.17, 15) is 18.0 Å². The summed E-state index contributed by atoms with van der Waals surface area (Å²) < 4.78 is 36.1. The first-order valence-electron chi connectivity index (χ1n) is 5.82. The lowest BCUT2D eigenvalue weighted by Crippen LogP contribution is -2.41. The van der Waals surface area contributed by atoms with Crippen molar-refractivity contribution in [3.05, 3.63) is 0 Å². The van der Waals surface area contributed by atoms with Gasteiger partial charge in [0.1, 0.15) is 0 Å². The van der Waals surface area contributed by atoms with Crippen molar-refractivity contribution < 1.29 is 23.1 Å². The van der Waals surface area contributed by atoms with Crippen molar-refractivity contribution in [3.63, 3.8) is 0 Å². The van der Waals surface area contributed by atoms with Gasteiger partial charge in [-0.25, -0.2) is 0 Å². The Morgan fingerprint density at radius 3 is 2.29 bits per heavy atom.